The zero-order valence-electron chi connectivity index (χ0n) is 11.5. The monoisotopic (exact) mass is 264 g/mol. The minimum Gasteiger partial charge on any atom is -0.349 e. The van der Waals surface area contributed by atoms with Gasteiger partial charge < -0.3 is 10.2 Å². The third-order valence-electron chi connectivity index (χ3n) is 3.75. The van der Waals surface area contributed by atoms with Crippen LogP contribution in [0.1, 0.15) is 30.7 Å². The largest absolute Gasteiger partial charge is 0.349 e. The Labute approximate surface area is 113 Å². The molecule has 0 spiro atoms. The molecule has 104 valence electrons. The molecule has 19 heavy (non-hydrogen) atoms. The van der Waals surface area contributed by atoms with Crippen LogP contribution in [0.15, 0.2) is 24.3 Å². The first-order chi connectivity index (χ1) is 9.06. The SMILES string of the molecule is CN(C)C(=O)CCNC1CC(c2ccc(F)cc2)C1. The highest BCUT2D eigenvalue weighted by molar-refractivity contribution is 5.75. The van der Waals surface area contributed by atoms with E-state index in [-0.39, 0.29) is 11.7 Å². The van der Waals surface area contributed by atoms with Gasteiger partial charge in [-0.25, -0.2) is 4.39 Å². The van der Waals surface area contributed by atoms with Crippen LogP contribution in [0.25, 0.3) is 0 Å². The molecule has 1 aromatic carbocycles. The van der Waals surface area contributed by atoms with Crippen LogP contribution in [0.2, 0.25) is 0 Å². The van der Waals surface area contributed by atoms with Crippen molar-refractivity contribution in [3.8, 4) is 0 Å². The summed E-state index contributed by atoms with van der Waals surface area (Å²) in [5, 5.41) is 3.39. The van der Waals surface area contributed by atoms with Crippen molar-refractivity contribution in [1.29, 1.82) is 0 Å². The molecule has 1 aliphatic rings. The maximum atomic E-state index is 12.8. The lowest BCUT2D eigenvalue weighted by Gasteiger charge is -2.36. The number of hydrogen-bond acceptors (Lipinski definition) is 2. The Kier molecular flexibility index (Phi) is 4.53. The number of halogens is 1. The van der Waals surface area contributed by atoms with Crippen molar-refractivity contribution in [3.63, 3.8) is 0 Å². The van der Waals surface area contributed by atoms with Gasteiger partial charge in [-0.1, -0.05) is 12.1 Å². The van der Waals surface area contributed by atoms with E-state index in [1.807, 2.05) is 12.1 Å². The minimum absolute atomic E-state index is 0.155. The number of carbonyl (C=O) groups is 1. The molecule has 1 aliphatic carbocycles. The van der Waals surface area contributed by atoms with Gasteiger partial charge in [-0.2, -0.15) is 0 Å². The molecule has 4 heteroatoms. The number of hydrogen-bond donors (Lipinski definition) is 1. The molecule has 0 unspecified atom stereocenters. The standard InChI is InChI=1S/C15H21FN2O/c1-18(2)15(19)7-8-17-14-9-12(10-14)11-3-5-13(16)6-4-11/h3-6,12,14,17H,7-10H2,1-2H3. The van der Waals surface area contributed by atoms with E-state index < -0.39 is 0 Å². The fourth-order valence-corrected chi connectivity index (χ4v) is 2.40. The summed E-state index contributed by atoms with van der Waals surface area (Å²) >= 11 is 0. The molecule has 0 heterocycles. The van der Waals surface area contributed by atoms with Crippen molar-refractivity contribution in [2.24, 2.45) is 0 Å². The van der Waals surface area contributed by atoms with Crippen molar-refractivity contribution in [3.05, 3.63) is 35.6 Å². The topological polar surface area (TPSA) is 32.3 Å². The number of amides is 1. The van der Waals surface area contributed by atoms with Gasteiger partial charge in [-0.15, -0.1) is 0 Å². The molecule has 3 nitrogen and oxygen atoms in total. The number of benzene rings is 1. The summed E-state index contributed by atoms with van der Waals surface area (Å²) < 4.78 is 12.8. The molecule has 1 fully saturated rings. The lowest BCUT2D eigenvalue weighted by molar-refractivity contribution is -0.128. The zero-order chi connectivity index (χ0) is 13.8. The highest BCUT2D eigenvalue weighted by atomic mass is 19.1. The van der Waals surface area contributed by atoms with E-state index >= 15 is 0 Å². The van der Waals surface area contributed by atoms with E-state index in [0.29, 0.717) is 18.4 Å². The van der Waals surface area contributed by atoms with E-state index in [4.69, 9.17) is 0 Å². The van der Waals surface area contributed by atoms with Crippen molar-refractivity contribution in [2.75, 3.05) is 20.6 Å². The average Bonchev–Trinajstić information content (AvgIpc) is 2.33. The Bertz CT molecular complexity index is 424. The van der Waals surface area contributed by atoms with Gasteiger partial charge in [0.25, 0.3) is 0 Å². The maximum absolute atomic E-state index is 12.8. The van der Waals surface area contributed by atoms with Crippen LogP contribution in [0.3, 0.4) is 0 Å². The molecule has 0 bridgehead atoms. The Morgan fingerprint density at radius 3 is 2.53 bits per heavy atom. The van der Waals surface area contributed by atoms with Crippen LogP contribution in [0.5, 0.6) is 0 Å². The Hall–Kier alpha value is -1.42. The Balaban J connectivity index is 1.66. The maximum Gasteiger partial charge on any atom is 0.223 e. The number of nitrogens with one attached hydrogen (secondary N) is 1. The molecule has 0 saturated heterocycles. The summed E-state index contributed by atoms with van der Waals surface area (Å²) in [4.78, 5) is 13.0. The first kappa shape index (κ1) is 14.0. The van der Waals surface area contributed by atoms with Crippen molar-refractivity contribution in [1.82, 2.24) is 10.2 Å². The second kappa shape index (κ2) is 6.15. The van der Waals surface area contributed by atoms with Gasteiger partial charge >= 0.3 is 0 Å². The molecule has 0 radical (unpaired) electrons. The minimum atomic E-state index is -0.181. The first-order valence-corrected chi connectivity index (χ1v) is 6.75. The molecule has 0 aromatic heterocycles. The smallest absolute Gasteiger partial charge is 0.223 e. The summed E-state index contributed by atoms with van der Waals surface area (Å²) in [6.45, 7) is 0.734. The van der Waals surface area contributed by atoms with Gasteiger partial charge in [0.05, 0.1) is 0 Å². The van der Waals surface area contributed by atoms with Gasteiger partial charge in [-0.3, -0.25) is 4.79 Å². The van der Waals surface area contributed by atoms with Crippen molar-refractivity contribution >= 4 is 5.91 Å². The third-order valence-corrected chi connectivity index (χ3v) is 3.75. The van der Waals surface area contributed by atoms with E-state index in [0.717, 1.165) is 19.4 Å². The molecular formula is C15H21FN2O. The van der Waals surface area contributed by atoms with Gasteiger partial charge in [0.15, 0.2) is 0 Å². The van der Waals surface area contributed by atoms with Crippen LogP contribution in [-0.4, -0.2) is 37.5 Å². The fraction of sp³-hybridized carbons (Fsp3) is 0.533. The summed E-state index contributed by atoms with van der Waals surface area (Å²) in [6, 6.07) is 7.26. The molecule has 0 atom stereocenters. The Morgan fingerprint density at radius 1 is 1.32 bits per heavy atom. The summed E-state index contributed by atoms with van der Waals surface area (Å²) in [5.41, 5.74) is 1.21. The predicted octanol–water partition coefficient (Wildman–Crippen LogP) is 2.14. The molecule has 0 aliphatic heterocycles. The van der Waals surface area contributed by atoms with E-state index in [9.17, 15) is 9.18 Å². The van der Waals surface area contributed by atoms with Crippen molar-refractivity contribution < 1.29 is 9.18 Å². The molecule has 1 N–H and O–H groups in total. The second-order valence-electron chi connectivity index (χ2n) is 5.41. The van der Waals surface area contributed by atoms with Gasteiger partial charge in [0.2, 0.25) is 5.91 Å². The second-order valence-corrected chi connectivity index (χ2v) is 5.41. The number of rotatable bonds is 5. The molecule has 1 aromatic rings. The van der Waals surface area contributed by atoms with Crippen LogP contribution in [0.4, 0.5) is 4.39 Å². The van der Waals surface area contributed by atoms with Gasteiger partial charge in [0.1, 0.15) is 5.82 Å². The quantitative estimate of drug-likeness (QED) is 0.883. The highest BCUT2D eigenvalue weighted by Gasteiger charge is 2.29. The average molecular weight is 264 g/mol. The van der Waals surface area contributed by atoms with Crippen LogP contribution >= 0.6 is 0 Å². The van der Waals surface area contributed by atoms with E-state index in [2.05, 4.69) is 5.32 Å². The zero-order valence-corrected chi connectivity index (χ0v) is 11.5. The number of nitrogens with zero attached hydrogens (tertiary/aromatic N) is 1. The van der Waals surface area contributed by atoms with Crippen LogP contribution in [0, 0.1) is 5.82 Å². The molecular weight excluding hydrogens is 243 g/mol. The van der Waals surface area contributed by atoms with E-state index in [1.165, 1.54) is 17.7 Å². The highest BCUT2D eigenvalue weighted by Crippen LogP contribution is 2.36. The van der Waals surface area contributed by atoms with Gasteiger partial charge in [0, 0.05) is 33.1 Å². The van der Waals surface area contributed by atoms with Crippen LogP contribution in [-0.2, 0) is 4.79 Å². The normalized spacial score (nSPS) is 21.8. The number of carbonyl (C=O) groups excluding carboxylic acids is 1. The molecule has 2 rings (SSSR count). The first-order valence-electron chi connectivity index (χ1n) is 6.75. The van der Waals surface area contributed by atoms with Crippen LogP contribution < -0.4 is 5.32 Å². The summed E-state index contributed by atoms with van der Waals surface area (Å²) in [7, 11) is 3.55. The van der Waals surface area contributed by atoms with E-state index in [1.54, 1.807) is 19.0 Å². The fourth-order valence-electron chi connectivity index (χ4n) is 2.40. The lowest BCUT2D eigenvalue weighted by Crippen LogP contribution is -2.41. The predicted molar refractivity (Wildman–Crippen MR) is 73.5 cm³/mol. The summed E-state index contributed by atoms with van der Waals surface area (Å²) in [6.07, 6.45) is 2.69. The molecule has 1 amide bonds. The summed E-state index contributed by atoms with van der Waals surface area (Å²) in [5.74, 6) is 0.504. The van der Waals surface area contributed by atoms with Crippen molar-refractivity contribution in [2.45, 2.75) is 31.2 Å². The van der Waals surface area contributed by atoms with Gasteiger partial charge in [-0.05, 0) is 36.5 Å². The molecule has 1 saturated carbocycles. The third kappa shape index (κ3) is 3.77. The Morgan fingerprint density at radius 2 is 1.95 bits per heavy atom. The lowest BCUT2D eigenvalue weighted by atomic mass is 9.76.